The van der Waals surface area contributed by atoms with Gasteiger partial charge in [-0.15, -0.1) is 0 Å². The van der Waals surface area contributed by atoms with E-state index in [0.717, 1.165) is 38.4 Å². The van der Waals surface area contributed by atoms with Crippen LogP contribution in [0.25, 0.3) is 0 Å². The maximum absolute atomic E-state index is 12.3. The number of hydrogen-bond acceptors (Lipinski definition) is 6. The van der Waals surface area contributed by atoms with E-state index in [1.165, 1.54) is 6.07 Å². The molecular formula is C19H23N5O3. The van der Waals surface area contributed by atoms with Gasteiger partial charge in [-0.05, 0) is 24.3 Å². The van der Waals surface area contributed by atoms with Crippen LogP contribution >= 0.6 is 0 Å². The number of nitro groups is 1. The summed E-state index contributed by atoms with van der Waals surface area (Å²) in [5.41, 5.74) is 1.24. The molecule has 1 heterocycles. The van der Waals surface area contributed by atoms with E-state index in [4.69, 9.17) is 0 Å². The molecule has 0 aliphatic carbocycles. The van der Waals surface area contributed by atoms with Gasteiger partial charge in [0, 0.05) is 56.6 Å². The molecule has 8 nitrogen and oxygen atoms in total. The summed E-state index contributed by atoms with van der Waals surface area (Å²) in [4.78, 5) is 25.6. The van der Waals surface area contributed by atoms with E-state index in [2.05, 4.69) is 20.9 Å². The second-order valence-electron chi connectivity index (χ2n) is 6.33. The van der Waals surface area contributed by atoms with Crippen LogP contribution in [0.15, 0.2) is 48.5 Å². The predicted octanol–water partition coefficient (Wildman–Crippen LogP) is 1.97. The summed E-state index contributed by atoms with van der Waals surface area (Å²) in [6, 6.07) is 13.7. The summed E-state index contributed by atoms with van der Waals surface area (Å²) >= 11 is 0. The van der Waals surface area contributed by atoms with Crippen LogP contribution < -0.4 is 16.0 Å². The van der Waals surface area contributed by atoms with Crippen LogP contribution in [0, 0.1) is 10.1 Å². The minimum absolute atomic E-state index is 0.131. The van der Waals surface area contributed by atoms with Crippen molar-refractivity contribution in [1.82, 2.24) is 15.5 Å². The SMILES string of the molecule is O=C(NCCN1CCNCC1)c1ccc(Nc2ccccc2)c([N+](=O)[O-])c1. The Morgan fingerprint density at radius 1 is 1.15 bits per heavy atom. The highest BCUT2D eigenvalue weighted by molar-refractivity contribution is 5.95. The van der Waals surface area contributed by atoms with E-state index in [-0.39, 0.29) is 17.2 Å². The number of carbonyl (C=O) groups excluding carboxylic acids is 1. The van der Waals surface area contributed by atoms with Crippen molar-refractivity contribution in [3.8, 4) is 0 Å². The summed E-state index contributed by atoms with van der Waals surface area (Å²) in [6.07, 6.45) is 0. The van der Waals surface area contributed by atoms with Gasteiger partial charge in [0.05, 0.1) is 4.92 Å². The number of nitrogens with zero attached hydrogens (tertiary/aromatic N) is 2. The van der Waals surface area contributed by atoms with Crippen LogP contribution in [0.2, 0.25) is 0 Å². The van der Waals surface area contributed by atoms with E-state index in [0.29, 0.717) is 12.2 Å². The number of rotatable bonds is 7. The third-order valence-electron chi connectivity index (χ3n) is 4.43. The summed E-state index contributed by atoms with van der Waals surface area (Å²) < 4.78 is 0. The Hall–Kier alpha value is -2.97. The molecule has 142 valence electrons. The Morgan fingerprint density at radius 3 is 2.59 bits per heavy atom. The van der Waals surface area contributed by atoms with Gasteiger partial charge >= 0.3 is 0 Å². The highest BCUT2D eigenvalue weighted by Gasteiger charge is 2.18. The molecule has 2 aromatic rings. The monoisotopic (exact) mass is 369 g/mol. The van der Waals surface area contributed by atoms with E-state index < -0.39 is 4.92 Å². The fourth-order valence-corrected chi connectivity index (χ4v) is 2.97. The number of anilines is 2. The van der Waals surface area contributed by atoms with E-state index in [1.807, 2.05) is 30.3 Å². The number of nitro benzene ring substituents is 1. The Bertz CT molecular complexity index is 791. The lowest BCUT2D eigenvalue weighted by Gasteiger charge is -2.27. The molecule has 27 heavy (non-hydrogen) atoms. The van der Waals surface area contributed by atoms with Gasteiger partial charge in [0.2, 0.25) is 0 Å². The lowest BCUT2D eigenvalue weighted by atomic mass is 10.1. The number of hydrogen-bond donors (Lipinski definition) is 3. The standard InChI is InChI=1S/C19H23N5O3/c25-19(21-10-13-23-11-8-20-9-12-23)15-6-7-17(18(14-15)24(26)27)22-16-4-2-1-3-5-16/h1-7,14,20,22H,8-13H2,(H,21,25). The molecule has 0 spiro atoms. The van der Waals surface area contributed by atoms with Crippen LogP contribution in [-0.2, 0) is 0 Å². The average Bonchev–Trinajstić information content (AvgIpc) is 2.69. The molecule has 0 atom stereocenters. The number of para-hydroxylation sites is 1. The first kappa shape index (κ1) is 18.8. The lowest BCUT2D eigenvalue weighted by molar-refractivity contribution is -0.383. The predicted molar refractivity (Wildman–Crippen MR) is 104 cm³/mol. The third-order valence-corrected chi connectivity index (χ3v) is 4.43. The Labute approximate surface area is 157 Å². The van der Waals surface area contributed by atoms with Crippen molar-refractivity contribution in [3.05, 3.63) is 64.2 Å². The van der Waals surface area contributed by atoms with Gasteiger partial charge in [0.15, 0.2) is 0 Å². The lowest BCUT2D eigenvalue weighted by Crippen LogP contribution is -2.46. The second kappa shape index (κ2) is 9.11. The first-order valence-electron chi connectivity index (χ1n) is 8.95. The first-order valence-corrected chi connectivity index (χ1v) is 8.95. The van der Waals surface area contributed by atoms with E-state index in [1.54, 1.807) is 12.1 Å². The molecule has 0 unspecified atom stereocenters. The zero-order chi connectivity index (χ0) is 19.1. The molecule has 1 fully saturated rings. The Kier molecular flexibility index (Phi) is 6.35. The molecule has 0 radical (unpaired) electrons. The number of amides is 1. The van der Waals surface area contributed by atoms with E-state index in [9.17, 15) is 14.9 Å². The second-order valence-corrected chi connectivity index (χ2v) is 6.33. The minimum Gasteiger partial charge on any atom is -0.351 e. The number of carbonyl (C=O) groups is 1. The highest BCUT2D eigenvalue weighted by atomic mass is 16.6. The summed E-state index contributed by atoms with van der Waals surface area (Å²) in [5.74, 6) is -0.306. The molecule has 3 N–H and O–H groups in total. The number of benzene rings is 2. The van der Waals surface area contributed by atoms with Crippen molar-refractivity contribution in [2.75, 3.05) is 44.6 Å². The largest absolute Gasteiger partial charge is 0.351 e. The van der Waals surface area contributed by atoms with Crippen molar-refractivity contribution in [1.29, 1.82) is 0 Å². The molecule has 1 saturated heterocycles. The van der Waals surface area contributed by atoms with Gasteiger partial charge in [-0.1, -0.05) is 18.2 Å². The number of nitrogens with one attached hydrogen (secondary N) is 3. The first-order chi connectivity index (χ1) is 13.1. The molecule has 0 aromatic heterocycles. The van der Waals surface area contributed by atoms with Crippen LogP contribution in [0.5, 0.6) is 0 Å². The maximum atomic E-state index is 12.3. The summed E-state index contributed by atoms with van der Waals surface area (Å²) in [5, 5.41) is 20.6. The van der Waals surface area contributed by atoms with Crippen molar-refractivity contribution in [2.24, 2.45) is 0 Å². The molecule has 0 bridgehead atoms. The topological polar surface area (TPSA) is 99.5 Å². The van der Waals surface area contributed by atoms with Crippen molar-refractivity contribution in [2.45, 2.75) is 0 Å². The summed E-state index contributed by atoms with van der Waals surface area (Å²) in [6.45, 7) is 5.11. The minimum atomic E-state index is -0.483. The third kappa shape index (κ3) is 5.25. The Balaban J connectivity index is 1.64. The zero-order valence-corrected chi connectivity index (χ0v) is 15.0. The van der Waals surface area contributed by atoms with Crippen LogP contribution in [-0.4, -0.2) is 55.0 Å². The average molecular weight is 369 g/mol. The van der Waals surface area contributed by atoms with Crippen molar-refractivity contribution in [3.63, 3.8) is 0 Å². The van der Waals surface area contributed by atoms with Crippen molar-refractivity contribution < 1.29 is 9.72 Å². The quantitative estimate of drug-likeness (QED) is 0.510. The normalized spacial score (nSPS) is 14.5. The Morgan fingerprint density at radius 2 is 1.89 bits per heavy atom. The van der Waals surface area contributed by atoms with Crippen LogP contribution in [0.4, 0.5) is 17.1 Å². The van der Waals surface area contributed by atoms with Crippen molar-refractivity contribution >= 4 is 23.0 Å². The fraction of sp³-hybridized carbons (Fsp3) is 0.316. The van der Waals surface area contributed by atoms with Gasteiger partial charge in [0.25, 0.3) is 11.6 Å². The van der Waals surface area contributed by atoms with Crippen LogP contribution in [0.3, 0.4) is 0 Å². The molecule has 3 rings (SSSR count). The number of piperazine rings is 1. The van der Waals surface area contributed by atoms with E-state index >= 15 is 0 Å². The fourth-order valence-electron chi connectivity index (χ4n) is 2.97. The molecule has 8 heteroatoms. The van der Waals surface area contributed by atoms with Gasteiger partial charge in [-0.3, -0.25) is 19.8 Å². The molecular weight excluding hydrogens is 346 g/mol. The smallest absolute Gasteiger partial charge is 0.293 e. The molecule has 1 aliphatic heterocycles. The molecule has 1 aliphatic rings. The van der Waals surface area contributed by atoms with Gasteiger partial charge in [-0.2, -0.15) is 0 Å². The zero-order valence-electron chi connectivity index (χ0n) is 15.0. The molecule has 2 aromatic carbocycles. The van der Waals surface area contributed by atoms with Crippen LogP contribution in [0.1, 0.15) is 10.4 Å². The molecule has 0 saturated carbocycles. The summed E-state index contributed by atoms with van der Waals surface area (Å²) in [7, 11) is 0. The van der Waals surface area contributed by atoms with Gasteiger partial charge in [-0.25, -0.2) is 0 Å². The maximum Gasteiger partial charge on any atom is 0.293 e. The molecule has 1 amide bonds. The van der Waals surface area contributed by atoms with Gasteiger partial charge < -0.3 is 16.0 Å². The highest BCUT2D eigenvalue weighted by Crippen LogP contribution is 2.28. The van der Waals surface area contributed by atoms with Gasteiger partial charge in [0.1, 0.15) is 5.69 Å².